The molecule has 18 heavy (non-hydrogen) atoms. The first-order valence-electron chi connectivity index (χ1n) is 7.00. The second-order valence-corrected chi connectivity index (χ2v) is 9.16. The molecule has 0 radical (unpaired) electrons. The molecule has 0 aliphatic carbocycles. The Hall–Kier alpha value is -0.106. The normalized spacial score (nSPS) is 12.9. The van der Waals surface area contributed by atoms with E-state index in [1.54, 1.807) is 0 Å². The maximum absolute atomic E-state index is 5.86. The van der Waals surface area contributed by atoms with Crippen molar-refractivity contribution in [3.8, 4) is 0 Å². The van der Waals surface area contributed by atoms with Crippen LogP contribution in [-0.2, 0) is 4.43 Å². The molecule has 0 saturated heterocycles. The summed E-state index contributed by atoms with van der Waals surface area (Å²) in [6.07, 6.45) is 4.68. The molecule has 0 unspecified atom stereocenters. The first-order valence-corrected chi connectivity index (χ1v) is 11.3. The third-order valence-electron chi connectivity index (χ3n) is 2.78. The van der Waals surface area contributed by atoms with Crippen LogP contribution in [0.25, 0.3) is 0 Å². The van der Waals surface area contributed by atoms with E-state index in [-0.39, 0.29) is 8.41 Å². The molecular formula is C13H30N2OSi2. The Morgan fingerprint density at radius 1 is 1.17 bits per heavy atom. The molecule has 0 aromatic heterocycles. The lowest BCUT2D eigenvalue weighted by Crippen LogP contribution is -2.12. The summed E-state index contributed by atoms with van der Waals surface area (Å²) < 4.78 is 5.86. The SMILES string of the molecule is CNCCCC=[Si](C)OCCC=[Si](C)CCCN. The van der Waals surface area contributed by atoms with E-state index in [4.69, 9.17) is 10.2 Å². The van der Waals surface area contributed by atoms with Crippen molar-refractivity contribution in [2.45, 2.75) is 44.8 Å². The summed E-state index contributed by atoms with van der Waals surface area (Å²) in [5.74, 6) is 0. The fourth-order valence-corrected chi connectivity index (χ4v) is 4.40. The molecule has 0 fully saturated rings. The molecule has 0 aliphatic heterocycles. The van der Waals surface area contributed by atoms with Gasteiger partial charge in [0.25, 0.3) is 0 Å². The number of unbranched alkanes of at least 4 members (excludes halogenated alkanes) is 1. The molecule has 5 heteroatoms. The van der Waals surface area contributed by atoms with Crippen LogP contribution in [0.4, 0.5) is 0 Å². The highest BCUT2D eigenvalue weighted by molar-refractivity contribution is 6.64. The lowest BCUT2D eigenvalue weighted by atomic mass is 10.3. The number of rotatable bonds is 11. The van der Waals surface area contributed by atoms with Crippen LogP contribution in [0.1, 0.15) is 25.7 Å². The summed E-state index contributed by atoms with van der Waals surface area (Å²) in [6.45, 7) is 7.43. The van der Waals surface area contributed by atoms with Gasteiger partial charge in [-0.1, -0.05) is 12.2 Å². The minimum atomic E-state index is -0.666. The molecule has 3 N–H and O–H groups in total. The van der Waals surface area contributed by atoms with E-state index < -0.39 is 8.65 Å². The van der Waals surface area contributed by atoms with Crippen molar-refractivity contribution in [2.24, 2.45) is 5.73 Å². The zero-order valence-electron chi connectivity index (χ0n) is 12.3. The predicted molar refractivity (Wildman–Crippen MR) is 87.6 cm³/mol. The lowest BCUT2D eigenvalue weighted by Gasteiger charge is -2.05. The molecular weight excluding hydrogens is 256 g/mol. The van der Waals surface area contributed by atoms with Crippen LogP contribution >= 0.6 is 0 Å². The Morgan fingerprint density at radius 2 is 1.94 bits per heavy atom. The minimum Gasteiger partial charge on any atom is -0.551 e. The third kappa shape index (κ3) is 12.4. The zero-order valence-corrected chi connectivity index (χ0v) is 14.3. The van der Waals surface area contributed by atoms with Crippen molar-refractivity contribution in [3.05, 3.63) is 0 Å². The van der Waals surface area contributed by atoms with Gasteiger partial charge in [-0.3, -0.25) is 0 Å². The Kier molecular flexibility index (Phi) is 13.2. The number of nitrogens with one attached hydrogen (secondary N) is 1. The fraction of sp³-hybridized carbons (Fsp3) is 0.846. The molecule has 0 saturated carbocycles. The summed E-state index contributed by atoms with van der Waals surface area (Å²) in [4.78, 5) is 0. The van der Waals surface area contributed by atoms with Gasteiger partial charge in [-0.2, -0.15) is 0 Å². The van der Waals surface area contributed by atoms with E-state index in [1.807, 2.05) is 7.05 Å². The van der Waals surface area contributed by atoms with Crippen LogP contribution in [0.2, 0.25) is 19.1 Å². The highest BCUT2D eigenvalue weighted by atomic mass is 28.3. The van der Waals surface area contributed by atoms with Crippen LogP contribution in [0, 0.1) is 0 Å². The topological polar surface area (TPSA) is 47.3 Å². The van der Waals surface area contributed by atoms with Gasteiger partial charge in [-0.05, 0) is 58.4 Å². The molecule has 0 heterocycles. The second-order valence-electron chi connectivity index (χ2n) is 4.64. The largest absolute Gasteiger partial charge is 0.551 e. The Balaban J connectivity index is 3.57. The van der Waals surface area contributed by atoms with Crippen molar-refractivity contribution in [1.82, 2.24) is 5.32 Å². The van der Waals surface area contributed by atoms with Crippen molar-refractivity contribution < 1.29 is 4.43 Å². The van der Waals surface area contributed by atoms with Crippen LogP contribution in [-0.4, -0.2) is 55.1 Å². The van der Waals surface area contributed by atoms with Crippen molar-refractivity contribution in [3.63, 3.8) is 0 Å². The second kappa shape index (κ2) is 13.3. The summed E-state index contributed by atoms with van der Waals surface area (Å²) in [5, 5.41) is 3.16. The summed E-state index contributed by atoms with van der Waals surface area (Å²) in [6, 6.07) is 1.31. The quantitative estimate of drug-likeness (QED) is 0.444. The highest BCUT2D eigenvalue weighted by Gasteiger charge is 1.93. The molecule has 0 aromatic carbocycles. The Morgan fingerprint density at radius 3 is 2.61 bits per heavy atom. The van der Waals surface area contributed by atoms with Gasteiger partial charge in [0.15, 0.2) is 0 Å². The standard InChI is InChI=1S/C13H30N2OSi2/c1-15-9-4-5-13-18(3)16-10-7-12-17(2)11-6-8-14/h12-13,15H,4-11,14H2,1-3H3. The fourth-order valence-electron chi connectivity index (χ4n) is 1.65. The molecule has 0 aromatic rings. The molecule has 0 bridgehead atoms. The Labute approximate surface area is 116 Å². The van der Waals surface area contributed by atoms with Crippen molar-refractivity contribution in [2.75, 3.05) is 26.7 Å². The highest BCUT2D eigenvalue weighted by Crippen LogP contribution is 1.90. The zero-order chi connectivity index (χ0) is 13.6. The van der Waals surface area contributed by atoms with Crippen LogP contribution in [0.3, 0.4) is 0 Å². The molecule has 106 valence electrons. The average molecular weight is 287 g/mol. The lowest BCUT2D eigenvalue weighted by molar-refractivity contribution is 0.350. The van der Waals surface area contributed by atoms with E-state index in [0.717, 1.165) is 26.1 Å². The van der Waals surface area contributed by atoms with E-state index in [2.05, 4.69) is 29.8 Å². The Bertz CT molecular complexity index is 255. The van der Waals surface area contributed by atoms with Gasteiger partial charge in [-0.25, -0.2) is 0 Å². The molecule has 0 spiro atoms. The van der Waals surface area contributed by atoms with Gasteiger partial charge < -0.3 is 15.5 Å². The van der Waals surface area contributed by atoms with Crippen LogP contribution in [0.5, 0.6) is 0 Å². The van der Waals surface area contributed by atoms with E-state index in [0.29, 0.717) is 0 Å². The first kappa shape index (κ1) is 17.9. The van der Waals surface area contributed by atoms with Gasteiger partial charge in [0.05, 0.1) is 6.61 Å². The van der Waals surface area contributed by atoms with E-state index in [1.165, 1.54) is 25.3 Å². The molecule has 0 amide bonds. The first-order chi connectivity index (χ1) is 8.70. The number of nitrogens with two attached hydrogens (primary N) is 1. The molecule has 0 rings (SSSR count). The number of hydrogen-bond donors (Lipinski definition) is 2. The molecule has 0 atom stereocenters. The monoisotopic (exact) mass is 286 g/mol. The van der Waals surface area contributed by atoms with Crippen molar-refractivity contribution >= 4 is 28.4 Å². The summed E-state index contributed by atoms with van der Waals surface area (Å²) in [7, 11) is 1.07. The third-order valence-corrected chi connectivity index (χ3v) is 6.43. The molecule has 3 nitrogen and oxygen atoms in total. The van der Waals surface area contributed by atoms with Gasteiger partial charge in [0, 0.05) is 8.41 Å². The van der Waals surface area contributed by atoms with Crippen LogP contribution < -0.4 is 11.1 Å². The smallest absolute Gasteiger partial charge is 0.224 e. The van der Waals surface area contributed by atoms with Gasteiger partial charge in [-0.15, -0.1) is 5.67 Å². The van der Waals surface area contributed by atoms with Crippen LogP contribution in [0.15, 0.2) is 0 Å². The summed E-state index contributed by atoms with van der Waals surface area (Å²) >= 11 is 0. The average Bonchev–Trinajstić information content (AvgIpc) is 2.37. The van der Waals surface area contributed by atoms with Crippen molar-refractivity contribution in [1.29, 1.82) is 0 Å². The maximum Gasteiger partial charge on any atom is 0.224 e. The van der Waals surface area contributed by atoms with Gasteiger partial charge in [0.2, 0.25) is 8.65 Å². The maximum atomic E-state index is 5.86. The predicted octanol–water partition coefficient (Wildman–Crippen LogP) is 1.26. The van der Waals surface area contributed by atoms with Gasteiger partial charge in [0.1, 0.15) is 0 Å². The van der Waals surface area contributed by atoms with E-state index in [9.17, 15) is 0 Å². The number of hydrogen-bond acceptors (Lipinski definition) is 3. The summed E-state index contributed by atoms with van der Waals surface area (Å²) in [5.41, 5.74) is 10.4. The minimum absolute atomic E-state index is 0.266. The van der Waals surface area contributed by atoms with Gasteiger partial charge >= 0.3 is 0 Å². The van der Waals surface area contributed by atoms with E-state index >= 15 is 0 Å². The molecule has 0 aliphatic rings.